The predicted octanol–water partition coefficient (Wildman–Crippen LogP) is 6.13. The molecule has 0 fully saturated rings. The molecule has 0 heterocycles. The molecule has 3 heteroatoms. The molecule has 3 aromatic rings. The Morgan fingerprint density at radius 3 is 1.56 bits per heavy atom. The summed E-state index contributed by atoms with van der Waals surface area (Å²) >= 11 is 3.74. The van der Waals surface area contributed by atoms with Gasteiger partial charge in [0.05, 0.1) is 0 Å². The van der Waals surface area contributed by atoms with E-state index in [0.29, 0.717) is 11.3 Å². The van der Waals surface area contributed by atoms with Crippen LogP contribution in [-0.2, 0) is 0 Å². The Kier molecular flexibility index (Phi) is 7.27. The first-order chi connectivity index (χ1) is 13.0. The van der Waals surface area contributed by atoms with Crippen molar-refractivity contribution >= 4 is 53.0 Å². The molecule has 0 nitrogen and oxygen atoms in total. The summed E-state index contributed by atoms with van der Waals surface area (Å²) in [4.78, 5) is 0. The lowest BCUT2D eigenvalue weighted by atomic mass is 10.3. The van der Waals surface area contributed by atoms with Crippen LogP contribution >= 0.6 is 31.8 Å². The number of rotatable bonds is 6. The van der Waals surface area contributed by atoms with Gasteiger partial charge in [0.1, 0.15) is 0 Å². The van der Waals surface area contributed by atoms with E-state index in [4.69, 9.17) is 0 Å². The van der Waals surface area contributed by atoms with Crippen LogP contribution in [0.25, 0.3) is 0 Å². The molecule has 0 atom stereocenters. The minimum atomic E-state index is -0.566. The minimum absolute atomic E-state index is 0.238. The zero-order chi connectivity index (χ0) is 19.4. The highest BCUT2D eigenvalue weighted by molar-refractivity contribution is 9.10. The van der Waals surface area contributed by atoms with Gasteiger partial charge >= 0.3 is 0 Å². The van der Waals surface area contributed by atoms with Gasteiger partial charge in [-0.25, -0.2) is 0 Å². The van der Waals surface area contributed by atoms with Crippen molar-refractivity contribution in [3.8, 4) is 0 Å². The average Bonchev–Trinajstić information content (AvgIpc) is 2.65. The minimum Gasteiger partial charge on any atom is -0.0693 e. The SMILES string of the molecule is CC(C)P(c1cc(Br)ccc1P(c1ccccc1)c1ccccc1)C(C)C. The number of halogens is 1. The highest BCUT2D eigenvalue weighted by Crippen LogP contribution is 2.47. The van der Waals surface area contributed by atoms with E-state index in [1.54, 1.807) is 5.30 Å². The van der Waals surface area contributed by atoms with Crippen LogP contribution in [0.4, 0.5) is 0 Å². The molecule has 0 amide bonds. The quantitative estimate of drug-likeness (QED) is 0.391. The molecule has 27 heavy (non-hydrogen) atoms. The number of hydrogen-bond donors (Lipinski definition) is 0. The lowest BCUT2D eigenvalue weighted by Crippen LogP contribution is -2.33. The maximum atomic E-state index is 3.74. The van der Waals surface area contributed by atoms with Crippen LogP contribution in [0.1, 0.15) is 27.7 Å². The summed E-state index contributed by atoms with van der Waals surface area (Å²) in [6.45, 7) is 9.51. The molecular formula is C24H27BrP2. The molecule has 0 aliphatic rings. The zero-order valence-corrected chi connectivity index (χ0v) is 19.8. The molecule has 0 radical (unpaired) electrons. The maximum absolute atomic E-state index is 3.74. The van der Waals surface area contributed by atoms with Gasteiger partial charge in [0.25, 0.3) is 0 Å². The molecule has 0 unspecified atom stereocenters. The summed E-state index contributed by atoms with van der Waals surface area (Å²) in [5, 5.41) is 5.91. The van der Waals surface area contributed by atoms with Gasteiger partial charge in [0.2, 0.25) is 0 Å². The van der Waals surface area contributed by atoms with Gasteiger partial charge < -0.3 is 0 Å². The monoisotopic (exact) mass is 456 g/mol. The van der Waals surface area contributed by atoms with Gasteiger partial charge in [0.15, 0.2) is 0 Å². The first kappa shape index (κ1) is 20.7. The van der Waals surface area contributed by atoms with Gasteiger partial charge in [-0.2, -0.15) is 0 Å². The average molecular weight is 457 g/mol. The van der Waals surface area contributed by atoms with Crippen LogP contribution in [0, 0.1) is 0 Å². The molecule has 3 rings (SSSR count). The summed E-state index contributed by atoms with van der Waals surface area (Å²) in [5.41, 5.74) is 1.33. The van der Waals surface area contributed by atoms with E-state index in [1.165, 1.54) is 20.4 Å². The molecule has 0 N–H and O–H groups in total. The molecule has 140 valence electrons. The van der Waals surface area contributed by atoms with Crippen LogP contribution in [0.3, 0.4) is 0 Å². The number of benzene rings is 3. The first-order valence-corrected chi connectivity index (χ1v) is 13.1. The van der Waals surface area contributed by atoms with Gasteiger partial charge in [-0.3, -0.25) is 0 Å². The van der Waals surface area contributed by atoms with E-state index in [9.17, 15) is 0 Å². The lowest BCUT2D eigenvalue weighted by Gasteiger charge is -2.31. The smallest absolute Gasteiger partial charge is 0.0182 e. The van der Waals surface area contributed by atoms with Crippen LogP contribution in [0.5, 0.6) is 0 Å². The fourth-order valence-corrected chi connectivity index (χ4v) is 10.1. The predicted molar refractivity (Wildman–Crippen MR) is 130 cm³/mol. The van der Waals surface area contributed by atoms with Crippen molar-refractivity contribution < 1.29 is 0 Å². The standard InChI is InChI=1S/C24H27BrP2/c1-18(2)26(19(3)4)24-17-20(25)15-16-23(24)27(21-11-7-5-8-12-21)22-13-9-6-10-14-22/h5-19H,1-4H3. The van der Waals surface area contributed by atoms with Crippen molar-refractivity contribution in [3.05, 3.63) is 83.3 Å². The third kappa shape index (κ3) is 4.89. The second kappa shape index (κ2) is 9.47. The van der Waals surface area contributed by atoms with E-state index in [-0.39, 0.29) is 7.92 Å². The van der Waals surface area contributed by atoms with Crippen LogP contribution < -0.4 is 21.2 Å². The largest absolute Gasteiger partial charge is 0.0693 e. The van der Waals surface area contributed by atoms with Gasteiger partial charge in [-0.1, -0.05) is 118 Å². The lowest BCUT2D eigenvalue weighted by molar-refractivity contribution is 1.02. The Hall–Kier alpha value is -1.00. The summed E-state index contributed by atoms with van der Waals surface area (Å²) in [7, 11) is -0.804. The van der Waals surface area contributed by atoms with Crippen molar-refractivity contribution in [3.63, 3.8) is 0 Å². The number of hydrogen-bond acceptors (Lipinski definition) is 0. The zero-order valence-electron chi connectivity index (χ0n) is 16.4. The second-order valence-corrected chi connectivity index (χ2v) is 13.7. The summed E-state index contributed by atoms with van der Waals surface area (Å²) in [5.74, 6) is 0. The third-order valence-corrected chi connectivity index (χ3v) is 10.9. The Labute approximate surface area is 175 Å². The Bertz CT molecular complexity index is 813. The summed E-state index contributed by atoms with van der Waals surface area (Å²) in [6, 6.07) is 29.0. The fourth-order valence-electron chi connectivity index (χ4n) is 3.63. The normalized spacial score (nSPS) is 11.7. The van der Waals surface area contributed by atoms with E-state index in [0.717, 1.165) is 0 Å². The van der Waals surface area contributed by atoms with Gasteiger partial charge in [-0.05, 0) is 52.6 Å². The van der Waals surface area contributed by atoms with Crippen molar-refractivity contribution in [2.75, 3.05) is 0 Å². The van der Waals surface area contributed by atoms with Crippen LogP contribution in [-0.4, -0.2) is 11.3 Å². The van der Waals surface area contributed by atoms with Gasteiger partial charge in [0, 0.05) is 4.47 Å². The molecule has 0 saturated heterocycles. The fraction of sp³-hybridized carbons (Fsp3) is 0.250. The van der Waals surface area contributed by atoms with Crippen molar-refractivity contribution in [1.82, 2.24) is 0 Å². The third-order valence-electron chi connectivity index (χ3n) is 4.60. The molecule has 0 spiro atoms. The summed E-state index contributed by atoms with van der Waals surface area (Å²) in [6.07, 6.45) is 0. The van der Waals surface area contributed by atoms with Crippen molar-refractivity contribution in [2.45, 2.75) is 39.0 Å². The molecule has 0 aliphatic heterocycles. The Balaban J connectivity index is 2.24. The maximum Gasteiger partial charge on any atom is 0.0182 e. The van der Waals surface area contributed by atoms with Crippen LogP contribution in [0.15, 0.2) is 83.3 Å². The van der Waals surface area contributed by atoms with E-state index in [1.807, 2.05) is 0 Å². The first-order valence-electron chi connectivity index (χ1n) is 9.47. The Morgan fingerprint density at radius 1 is 0.630 bits per heavy atom. The van der Waals surface area contributed by atoms with E-state index < -0.39 is 7.92 Å². The van der Waals surface area contributed by atoms with Gasteiger partial charge in [-0.15, -0.1) is 0 Å². The molecular weight excluding hydrogens is 430 g/mol. The second-order valence-electron chi connectivity index (χ2n) is 7.23. The summed E-state index contributed by atoms with van der Waals surface area (Å²) < 4.78 is 1.19. The van der Waals surface area contributed by atoms with E-state index in [2.05, 4.69) is 122 Å². The molecule has 3 aromatic carbocycles. The molecule has 0 saturated carbocycles. The van der Waals surface area contributed by atoms with Crippen molar-refractivity contribution in [2.24, 2.45) is 0 Å². The highest BCUT2D eigenvalue weighted by Gasteiger charge is 2.27. The molecule has 0 aromatic heterocycles. The topological polar surface area (TPSA) is 0 Å². The molecule has 0 bridgehead atoms. The highest BCUT2D eigenvalue weighted by atomic mass is 79.9. The van der Waals surface area contributed by atoms with Crippen molar-refractivity contribution in [1.29, 1.82) is 0 Å². The van der Waals surface area contributed by atoms with Crippen LogP contribution in [0.2, 0.25) is 0 Å². The molecule has 0 aliphatic carbocycles. The van der Waals surface area contributed by atoms with E-state index >= 15 is 0 Å². The Morgan fingerprint density at radius 2 is 1.11 bits per heavy atom.